The van der Waals surface area contributed by atoms with Crippen molar-refractivity contribution in [3.05, 3.63) is 29.0 Å². The standard InChI is InChI=1S/C12H16ClN3O/c13-10-7-15-5-4-9(10)12(17)16-11-3-1-2-8(11)6-14/h4-5,7-8,11H,1-3,6,14H2,(H,16,17). The summed E-state index contributed by atoms with van der Waals surface area (Å²) in [5.41, 5.74) is 6.16. The predicted octanol–water partition coefficient (Wildman–Crippen LogP) is 1.59. The quantitative estimate of drug-likeness (QED) is 0.860. The number of hydrogen-bond acceptors (Lipinski definition) is 3. The van der Waals surface area contributed by atoms with Gasteiger partial charge in [0, 0.05) is 18.4 Å². The predicted molar refractivity (Wildman–Crippen MR) is 66.9 cm³/mol. The normalized spacial score (nSPS) is 23.6. The summed E-state index contributed by atoms with van der Waals surface area (Å²) >= 11 is 5.93. The van der Waals surface area contributed by atoms with Crippen molar-refractivity contribution in [1.29, 1.82) is 0 Å². The third-order valence-electron chi connectivity index (χ3n) is 3.30. The van der Waals surface area contributed by atoms with Gasteiger partial charge in [-0.05, 0) is 31.4 Å². The van der Waals surface area contributed by atoms with Crippen LogP contribution in [0.2, 0.25) is 5.02 Å². The molecule has 0 spiro atoms. The van der Waals surface area contributed by atoms with E-state index < -0.39 is 0 Å². The van der Waals surface area contributed by atoms with E-state index in [0.29, 0.717) is 23.0 Å². The van der Waals surface area contributed by atoms with Crippen LogP contribution in [0.3, 0.4) is 0 Å². The first-order valence-corrected chi connectivity index (χ1v) is 6.20. The molecular formula is C12H16ClN3O. The topological polar surface area (TPSA) is 68.0 Å². The van der Waals surface area contributed by atoms with Crippen molar-refractivity contribution >= 4 is 17.5 Å². The zero-order valence-corrected chi connectivity index (χ0v) is 10.3. The average molecular weight is 254 g/mol. The summed E-state index contributed by atoms with van der Waals surface area (Å²) in [6, 6.07) is 1.81. The highest BCUT2D eigenvalue weighted by molar-refractivity contribution is 6.33. The Labute approximate surface area is 106 Å². The maximum absolute atomic E-state index is 12.0. The lowest BCUT2D eigenvalue weighted by Gasteiger charge is -2.19. The van der Waals surface area contributed by atoms with Gasteiger partial charge in [-0.3, -0.25) is 9.78 Å². The van der Waals surface area contributed by atoms with E-state index in [1.165, 1.54) is 6.20 Å². The van der Waals surface area contributed by atoms with E-state index in [0.717, 1.165) is 19.3 Å². The maximum Gasteiger partial charge on any atom is 0.253 e. The number of nitrogens with two attached hydrogens (primary N) is 1. The molecule has 1 amide bonds. The molecule has 0 bridgehead atoms. The van der Waals surface area contributed by atoms with Crippen molar-refractivity contribution < 1.29 is 4.79 Å². The summed E-state index contributed by atoms with van der Waals surface area (Å²) < 4.78 is 0. The number of aromatic nitrogens is 1. The molecule has 0 saturated heterocycles. The van der Waals surface area contributed by atoms with Gasteiger partial charge in [-0.1, -0.05) is 18.0 Å². The highest BCUT2D eigenvalue weighted by Crippen LogP contribution is 2.25. The van der Waals surface area contributed by atoms with Gasteiger partial charge in [0.2, 0.25) is 0 Å². The minimum absolute atomic E-state index is 0.136. The van der Waals surface area contributed by atoms with Crippen LogP contribution in [-0.4, -0.2) is 23.5 Å². The minimum Gasteiger partial charge on any atom is -0.349 e. The van der Waals surface area contributed by atoms with E-state index in [9.17, 15) is 4.79 Å². The van der Waals surface area contributed by atoms with Crippen LogP contribution in [0.1, 0.15) is 29.6 Å². The van der Waals surface area contributed by atoms with Crippen LogP contribution < -0.4 is 11.1 Å². The zero-order chi connectivity index (χ0) is 12.3. The van der Waals surface area contributed by atoms with Gasteiger partial charge in [-0.2, -0.15) is 0 Å². The average Bonchev–Trinajstić information content (AvgIpc) is 2.76. The summed E-state index contributed by atoms with van der Waals surface area (Å²) in [6.45, 7) is 0.620. The molecule has 0 aromatic carbocycles. The van der Waals surface area contributed by atoms with Gasteiger partial charge in [0.15, 0.2) is 0 Å². The van der Waals surface area contributed by atoms with Crippen molar-refractivity contribution in [1.82, 2.24) is 10.3 Å². The number of rotatable bonds is 3. The van der Waals surface area contributed by atoms with Gasteiger partial charge in [-0.15, -0.1) is 0 Å². The number of hydrogen-bond donors (Lipinski definition) is 2. The smallest absolute Gasteiger partial charge is 0.253 e. The van der Waals surface area contributed by atoms with Crippen molar-refractivity contribution in [3.63, 3.8) is 0 Å². The van der Waals surface area contributed by atoms with E-state index in [1.54, 1.807) is 12.3 Å². The second-order valence-electron chi connectivity index (χ2n) is 4.36. The van der Waals surface area contributed by atoms with Crippen LogP contribution in [0.15, 0.2) is 18.5 Å². The van der Waals surface area contributed by atoms with Crippen LogP contribution >= 0.6 is 11.6 Å². The molecule has 1 aliphatic carbocycles. The first kappa shape index (κ1) is 12.3. The van der Waals surface area contributed by atoms with Gasteiger partial charge in [0.1, 0.15) is 0 Å². The summed E-state index contributed by atoms with van der Waals surface area (Å²) in [5, 5.41) is 3.39. The highest BCUT2D eigenvalue weighted by atomic mass is 35.5. The number of nitrogens with one attached hydrogen (secondary N) is 1. The molecule has 1 heterocycles. The second-order valence-corrected chi connectivity index (χ2v) is 4.77. The second kappa shape index (κ2) is 5.47. The van der Waals surface area contributed by atoms with Gasteiger partial charge in [0.25, 0.3) is 5.91 Å². The molecule has 92 valence electrons. The molecule has 3 N–H and O–H groups in total. The Morgan fingerprint density at radius 2 is 2.41 bits per heavy atom. The number of carbonyl (C=O) groups is 1. The van der Waals surface area contributed by atoms with Crippen LogP contribution in [0.5, 0.6) is 0 Å². The first-order chi connectivity index (χ1) is 8.22. The maximum atomic E-state index is 12.0. The fourth-order valence-corrected chi connectivity index (χ4v) is 2.52. The molecule has 5 heteroatoms. The SMILES string of the molecule is NCC1CCCC1NC(=O)c1ccncc1Cl. The van der Waals surface area contributed by atoms with Crippen LogP contribution in [0, 0.1) is 5.92 Å². The Bertz CT molecular complexity index is 410. The lowest BCUT2D eigenvalue weighted by atomic mass is 10.0. The molecule has 1 aromatic heterocycles. The number of nitrogens with zero attached hydrogens (tertiary/aromatic N) is 1. The van der Waals surface area contributed by atoms with Crippen LogP contribution in [0.25, 0.3) is 0 Å². The van der Waals surface area contributed by atoms with Crippen molar-refractivity contribution in [2.75, 3.05) is 6.54 Å². The molecular weight excluding hydrogens is 238 g/mol. The van der Waals surface area contributed by atoms with Crippen molar-refractivity contribution in [2.24, 2.45) is 11.7 Å². The molecule has 1 aromatic rings. The van der Waals surface area contributed by atoms with Gasteiger partial charge in [0.05, 0.1) is 10.6 Å². The lowest BCUT2D eigenvalue weighted by molar-refractivity contribution is 0.0929. The molecule has 0 aliphatic heterocycles. The molecule has 17 heavy (non-hydrogen) atoms. The fraction of sp³-hybridized carbons (Fsp3) is 0.500. The molecule has 4 nitrogen and oxygen atoms in total. The first-order valence-electron chi connectivity index (χ1n) is 5.83. The van der Waals surface area contributed by atoms with Gasteiger partial charge >= 0.3 is 0 Å². The summed E-state index contributed by atoms with van der Waals surface area (Å²) in [4.78, 5) is 15.9. The molecule has 1 saturated carbocycles. The van der Waals surface area contributed by atoms with E-state index in [4.69, 9.17) is 17.3 Å². The summed E-state index contributed by atoms with van der Waals surface area (Å²) in [7, 11) is 0. The molecule has 2 unspecified atom stereocenters. The molecule has 1 aliphatic rings. The lowest BCUT2D eigenvalue weighted by Crippen LogP contribution is -2.39. The van der Waals surface area contributed by atoms with Gasteiger partial charge < -0.3 is 11.1 Å². The monoisotopic (exact) mass is 253 g/mol. The Morgan fingerprint density at radius 1 is 1.59 bits per heavy atom. The summed E-state index contributed by atoms with van der Waals surface area (Å²) in [5.74, 6) is 0.252. The number of pyridine rings is 1. The highest BCUT2D eigenvalue weighted by Gasteiger charge is 2.27. The Hall–Kier alpha value is -1.13. The fourth-order valence-electron chi connectivity index (χ4n) is 2.31. The summed E-state index contributed by atoms with van der Waals surface area (Å²) in [6.07, 6.45) is 6.25. The molecule has 2 atom stereocenters. The van der Waals surface area contributed by atoms with Crippen LogP contribution in [0.4, 0.5) is 0 Å². The number of carbonyl (C=O) groups excluding carboxylic acids is 1. The third-order valence-corrected chi connectivity index (χ3v) is 3.60. The van der Waals surface area contributed by atoms with E-state index >= 15 is 0 Å². The Kier molecular flexibility index (Phi) is 3.97. The molecule has 0 radical (unpaired) electrons. The minimum atomic E-state index is -0.136. The van der Waals surface area contributed by atoms with Gasteiger partial charge in [-0.25, -0.2) is 0 Å². The van der Waals surface area contributed by atoms with Crippen molar-refractivity contribution in [2.45, 2.75) is 25.3 Å². The van der Waals surface area contributed by atoms with Crippen LogP contribution in [-0.2, 0) is 0 Å². The number of amides is 1. The molecule has 1 fully saturated rings. The number of halogens is 1. The van der Waals surface area contributed by atoms with E-state index in [2.05, 4.69) is 10.3 Å². The van der Waals surface area contributed by atoms with Crippen molar-refractivity contribution in [3.8, 4) is 0 Å². The molecule has 2 rings (SSSR count). The third kappa shape index (κ3) is 2.76. The zero-order valence-electron chi connectivity index (χ0n) is 9.53. The van der Waals surface area contributed by atoms with E-state index in [-0.39, 0.29) is 11.9 Å². The Morgan fingerprint density at radius 3 is 3.12 bits per heavy atom. The largest absolute Gasteiger partial charge is 0.349 e. The Balaban J connectivity index is 2.04. The van der Waals surface area contributed by atoms with E-state index in [1.807, 2.05) is 0 Å².